The number of benzene rings is 2. The maximum Gasteiger partial charge on any atom is 0.417 e. The molecule has 3 fully saturated rings. The molecular weight excluding hydrogens is 667 g/mol. The summed E-state index contributed by atoms with van der Waals surface area (Å²) in [5.41, 5.74) is 2.12. The smallest absolute Gasteiger partial charge is 0.417 e. The number of aromatic nitrogens is 2. The number of fused-ring (bicyclic) bond motifs is 1. The van der Waals surface area contributed by atoms with Gasteiger partial charge in [-0.3, -0.25) is 24.5 Å². The number of anilines is 1. The number of rotatable bonds is 9. The molecule has 2 saturated heterocycles. The molecule has 2 aliphatic heterocycles. The second kappa shape index (κ2) is 13.9. The average molecular weight is 707 g/mol. The van der Waals surface area contributed by atoms with Gasteiger partial charge in [-0.25, -0.2) is 0 Å². The van der Waals surface area contributed by atoms with Gasteiger partial charge in [-0.1, -0.05) is 28.1 Å². The van der Waals surface area contributed by atoms with Crippen molar-refractivity contribution in [2.45, 2.75) is 69.2 Å². The van der Waals surface area contributed by atoms with Crippen molar-refractivity contribution >= 4 is 44.3 Å². The van der Waals surface area contributed by atoms with Gasteiger partial charge in [-0.05, 0) is 62.8 Å². The van der Waals surface area contributed by atoms with E-state index < -0.39 is 17.7 Å². The highest BCUT2D eigenvalue weighted by Crippen LogP contribution is 2.38. The van der Waals surface area contributed by atoms with Crippen molar-refractivity contribution in [3.63, 3.8) is 0 Å². The number of carbonyl (C=O) groups is 2. The molecular formula is C33H39BrF3N5O4. The van der Waals surface area contributed by atoms with Gasteiger partial charge in [0.1, 0.15) is 5.75 Å². The lowest BCUT2D eigenvalue weighted by molar-refractivity contribution is -0.138. The van der Waals surface area contributed by atoms with Crippen LogP contribution in [0.1, 0.15) is 62.1 Å². The third-order valence-electron chi connectivity index (χ3n) is 9.29. The maximum atomic E-state index is 13.2. The van der Waals surface area contributed by atoms with Gasteiger partial charge in [0.05, 0.1) is 40.6 Å². The summed E-state index contributed by atoms with van der Waals surface area (Å²) in [5.74, 6) is -0.683. The Kier molecular flexibility index (Phi) is 9.91. The molecule has 3 heterocycles. The molecule has 6 rings (SSSR count). The van der Waals surface area contributed by atoms with Gasteiger partial charge >= 0.3 is 6.18 Å². The number of halogens is 4. The van der Waals surface area contributed by atoms with E-state index in [1.54, 1.807) is 6.07 Å². The van der Waals surface area contributed by atoms with Gasteiger partial charge in [0.25, 0.3) is 0 Å². The van der Waals surface area contributed by atoms with E-state index in [1.165, 1.54) is 6.07 Å². The first-order valence-corrected chi connectivity index (χ1v) is 16.8. The molecule has 248 valence electrons. The van der Waals surface area contributed by atoms with E-state index in [4.69, 9.17) is 14.6 Å². The molecule has 1 N–H and O–H groups in total. The van der Waals surface area contributed by atoms with Gasteiger partial charge in [0, 0.05) is 62.7 Å². The largest absolute Gasteiger partial charge is 0.490 e. The molecule has 1 atom stereocenters. The number of nitrogens with one attached hydrogen (secondary N) is 1. The lowest BCUT2D eigenvalue weighted by Crippen LogP contribution is -2.47. The maximum absolute atomic E-state index is 13.2. The summed E-state index contributed by atoms with van der Waals surface area (Å²) >= 11 is 2.97. The number of piperidine rings is 1. The average Bonchev–Trinajstić information content (AvgIpc) is 3.37. The summed E-state index contributed by atoms with van der Waals surface area (Å²) in [6.07, 6.45) is 0.497. The van der Waals surface area contributed by atoms with Crippen LogP contribution in [-0.2, 0) is 27.5 Å². The third kappa shape index (κ3) is 7.36. The predicted octanol–water partition coefficient (Wildman–Crippen LogP) is 5.79. The second-order valence-corrected chi connectivity index (χ2v) is 13.2. The Morgan fingerprint density at radius 2 is 1.74 bits per heavy atom. The fourth-order valence-corrected chi connectivity index (χ4v) is 7.34. The highest BCUT2D eigenvalue weighted by molar-refractivity contribution is 9.10. The Bertz CT molecular complexity index is 1560. The van der Waals surface area contributed by atoms with Gasteiger partial charge < -0.3 is 14.4 Å². The second-order valence-electron chi connectivity index (χ2n) is 12.4. The molecule has 3 aliphatic rings. The molecule has 13 heteroatoms. The predicted molar refractivity (Wildman–Crippen MR) is 171 cm³/mol. The quantitative estimate of drug-likeness (QED) is 0.223. The van der Waals surface area contributed by atoms with Crippen LogP contribution in [-0.4, -0.2) is 78.0 Å². The Morgan fingerprint density at radius 1 is 1.00 bits per heavy atom. The number of alkyl halides is 3. The Morgan fingerprint density at radius 3 is 2.46 bits per heavy atom. The molecule has 1 unspecified atom stereocenters. The Balaban J connectivity index is 0.930. The van der Waals surface area contributed by atoms with Gasteiger partial charge in [0.2, 0.25) is 11.8 Å². The minimum atomic E-state index is -4.43. The van der Waals surface area contributed by atoms with Crippen LogP contribution in [0.3, 0.4) is 0 Å². The van der Waals surface area contributed by atoms with E-state index in [-0.39, 0.29) is 34.2 Å². The van der Waals surface area contributed by atoms with Gasteiger partial charge in [-0.2, -0.15) is 18.3 Å². The van der Waals surface area contributed by atoms with Gasteiger partial charge in [0.15, 0.2) is 0 Å². The van der Waals surface area contributed by atoms with E-state index in [2.05, 4.69) is 37.1 Å². The van der Waals surface area contributed by atoms with Crippen LogP contribution in [0.4, 0.5) is 18.9 Å². The number of aryl methyl sites for hydroxylation is 1. The molecule has 0 spiro atoms. The SMILES string of the molecule is Cn1nc(C2CCC(=O)NC2=O)c2cccc(N3CCN(CCCOC4CCC(Oc5ccc(Br)c(C(F)(F)F)c5)CC4)CC3)c21. The molecule has 2 aromatic carbocycles. The highest BCUT2D eigenvalue weighted by atomic mass is 79.9. The Hall–Kier alpha value is -3.16. The van der Waals surface area contributed by atoms with Gasteiger partial charge in [-0.15, -0.1) is 0 Å². The molecule has 3 aromatic rings. The molecule has 0 radical (unpaired) electrons. The van der Waals surface area contributed by atoms with Crippen molar-refractivity contribution < 1.29 is 32.2 Å². The van der Waals surface area contributed by atoms with Crippen molar-refractivity contribution in [2.75, 3.05) is 44.2 Å². The zero-order valence-electron chi connectivity index (χ0n) is 25.8. The molecule has 0 bridgehead atoms. The van der Waals surface area contributed by atoms with Crippen molar-refractivity contribution in [1.82, 2.24) is 20.0 Å². The van der Waals surface area contributed by atoms with Crippen molar-refractivity contribution in [3.8, 4) is 5.75 Å². The molecule has 1 aliphatic carbocycles. The standard InChI is InChI=1S/C33H39BrF3N5O4/c1-40-31-24(30(39-40)25-11-13-29(43)38-32(25)44)4-2-5-28(31)42-17-15-41(16-18-42)14-3-19-45-21-6-8-22(9-7-21)46-23-10-12-27(34)26(20-23)33(35,36)37/h2,4-5,10,12,20-22,25H,3,6-9,11,13-19H2,1H3,(H,38,43,44). The number of hydrogen-bond acceptors (Lipinski definition) is 7. The number of imide groups is 1. The Labute approximate surface area is 274 Å². The summed E-state index contributed by atoms with van der Waals surface area (Å²) < 4.78 is 53.6. The van der Waals surface area contributed by atoms with Crippen LogP contribution in [0.5, 0.6) is 5.75 Å². The topological polar surface area (TPSA) is 88.9 Å². The van der Waals surface area contributed by atoms with Crippen LogP contribution in [0, 0.1) is 0 Å². The first kappa shape index (κ1) is 32.8. The summed E-state index contributed by atoms with van der Waals surface area (Å²) in [6, 6.07) is 10.2. The van der Waals surface area contributed by atoms with Crippen molar-refractivity contribution in [2.24, 2.45) is 7.05 Å². The number of para-hydroxylation sites is 1. The monoisotopic (exact) mass is 705 g/mol. The number of piperazine rings is 1. The minimum absolute atomic E-state index is 0.00996. The fourth-order valence-electron chi connectivity index (χ4n) is 6.87. The number of hydrogen-bond donors (Lipinski definition) is 1. The van der Waals surface area contributed by atoms with Crippen LogP contribution in [0.2, 0.25) is 0 Å². The minimum Gasteiger partial charge on any atom is -0.490 e. The van der Waals surface area contributed by atoms with Crippen LogP contribution >= 0.6 is 15.9 Å². The van der Waals surface area contributed by atoms with Crippen molar-refractivity contribution in [3.05, 3.63) is 52.1 Å². The molecule has 1 aromatic heterocycles. The zero-order valence-corrected chi connectivity index (χ0v) is 27.4. The lowest BCUT2D eigenvalue weighted by Gasteiger charge is -2.36. The first-order valence-electron chi connectivity index (χ1n) is 16.0. The van der Waals surface area contributed by atoms with E-state index in [0.29, 0.717) is 19.4 Å². The highest BCUT2D eigenvalue weighted by Gasteiger charge is 2.34. The normalized spacial score (nSPS) is 23.2. The number of amides is 2. The van der Waals surface area contributed by atoms with Crippen molar-refractivity contribution in [1.29, 1.82) is 0 Å². The fraction of sp³-hybridized carbons (Fsp3) is 0.545. The third-order valence-corrected chi connectivity index (χ3v) is 9.99. The summed E-state index contributed by atoms with van der Waals surface area (Å²) in [6.45, 7) is 5.26. The molecule has 9 nitrogen and oxygen atoms in total. The molecule has 46 heavy (non-hydrogen) atoms. The molecule has 2 amide bonds. The van der Waals surface area contributed by atoms with E-state index in [9.17, 15) is 22.8 Å². The summed E-state index contributed by atoms with van der Waals surface area (Å²) in [5, 5.41) is 8.14. The summed E-state index contributed by atoms with van der Waals surface area (Å²) in [4.78, 5) is 29.0. The lowest BCUT2D eigenvalue weighted by atomic mass is 9.92. The van der Waals surface area contributed by atoms with E-state index >= 15 is 0 Å². The van der Waals surface area contributed by atoms with Crippen LogP contribution in [0.25, 0.3) is 10.9 Å². The number of ether oxygens (including phenoxy) is 2. The number of carbonyl (C=O) groups excluding carboxylic acids is 2. The zero-order chi connectivity index (χ0) is 32.4. The summed E-state index contributed by atoms with van der Waals surface area (Å²) in [7, 11) is 1.91. The van der Waals surface area contributed by atoms with Crippen LogP contribution in [0.15, 0.2) is 40.9 Å². The van der Waals surface area contributed by atoms with Crippen LogP contribution < -0.4 is 15.0 Å². The number of nitrogens with zero attached hydrogens (tertiary/aromatic N) is 4. The van der Waals surface area contributed by atoms with E-state index in [1.807, 2.05) is 23.9 Å². The molecule has 1 saturated carbocycles. The van der Waals surface area contributed by atoms with E-state index in [0.717, 1.165) is 93.2 Å². The first-order chi connectivity index (χ1) is 22.1.